The van der Waals surface area contributed by atoms with Gasteiger partial charge >= 0.3 is 5.97 Å². The number of fused-ring (bicyclic) bond motifs is 2. The molecular formula is C16H24O5. The van der Waals surface area contributed by atoms with E-state index < -0.39 is 17.2 Å². The first-order chi connectivity index (χ1) is 9.81. The van der Waals surface area contributed by atoms with Gasteiger partial charge in [0.2, 0.25) is 11.6 Å². The van der Waals surface area contributed by atoms with Crippen LogP contribution in [0.3, 0.4) is 0 Å². The fourth-order valence-electron chi connectivity index (χ4n) is 5.27. The number of hydrogen-bond donors (Lipinski definition) is 0. The summed E-state index contributed by atoms with van der Waals surface area (Å²) in [4.78, 5) is 24.0. The van der Waals surface area contributed by atoms with Gasteiger partial charge in [-0.2, -0.15) is 0 Å². The van der Waals surface area contributed by atoms with Crippen molar-refractivity contribution in [2.24, 2.45) is 23.7 Å². The highest BCUT2D eigenvalue weighted by atomic mass is 17.3. The van der Waals surface area contributed by atoms with E-state index in [2.05, 4.69) is 6.92 Å². The van der Waals surface area contributed by atoms with Crippen molar-refractivity contribution in [3.8, 4) is 0 Å². The second-order valence-corrected chi connectivity index (χ2v) is 7.66. The van der Waals surface area contributed by atoms with Gasteiger partial charge in [-0.15, -0.1) is 0 Å². The molecule has 5 rings (SSSR count). The van der Waals surface area contributed by atoms with Crippen LogP contribution < -0.4 is 0 Å². The van der Waals surface area contributed by atoms with Gasteiger partial charge in [0, 0.05) is 25.2 Å². The maximum Gasteiger partial charge on any atom is 0.311 e. The summed E-state index contributed by atoms with van der Waals surface area (Å²) in [7, 11) is 0. The molecule has 5 aliphatic rings. The van der Waals surface area contributed by atoms with Crippen LogP contribution in [0, 0.1) is 23.7 Å². The monoisotopic (exact) mass is 296 g/mol. The lowest BCUT2D eigenvalue weighted by atomic mass is 9.56. The number of hydrogen-bond acceptors (Lipinski definition) is 5. The molecule has 5 nitrogen and oxygen atoms in total. The summed E-state index contributed by atoms with van der Waals surface area (Å²) < 4.78 is 12.0. The van der Waals surface area contributed by atoms with E-state index in [1.54, 1.807) is 0 Å². The summed E-state index contributed by atoms with van der Waals surface area (Å²) in [6, 6.07) is 0. The lowest BCUT2D eigenvalue weighted by Gasteiger charge is -2.62. The molecule has 118 valence electrons. The van der Waals surface area contributed by atoms with E-state index in [0.717, 1.165) is 25.7 Å². The van der Waals surface area contributed by atoms with Crippen LogP contribution in [0.1, 0.15) is 53.4 Å². The highest BCUT2D eigenvalue weighted by Crippen LogP contribution is 2.63. The molecule has 4 aliphatic heterocycles. The molecule has 0 unspecified atom stereocenters. The van der Waals surface area contributed by atoms with Crippen LogP contribution in [0.25, 0.3) is 0 Å². The Bertz CT molecular complexity index is 493. The summed E-state index contributed by atoms with van der Waals surface area (Å²) in [5.41, 5.74) is -0.673. The van der Waals surface area contributed by atoms with Crippen molar-refractivity contribution in [2.75, 3.05) is 0 Å². The Morgan fingerprint density at radius 2 is 1.81 bits per heavy atom. The third-order valence-corrected chi connectivity index (χ3v) is 6.38. The molecule has 5 heteroatoms. The molecule has 1 aliphatic carbocycles. The molecule has 1 saturated carbocycles. The molecule has 0 aromatic rings. The Hall–Kier alpha value is -0.650. The van der Waals surface area contributed by atoms with Crippen molar-refractivity contribution in [3.05, 3.63) is 0 Å². The SMILES string of the molecule is C[C@@H]1CC[C@H]2[C@@H](C)C(=O)O[C@]3(C)O[C@]4(C)CC[C@@H]1[C@@]23OO4. The van der Waals surface area contributed by atoms with Gasteiger partial charge in [-0.3, -0.25) is 4.79 Å². The fraction of sp³-hybridized carbons (Fsp3) is 0.938. The first-order valence-corrected chi connectivity index (χ1v) is 8.11. The summed E-state index contributed by atoms with van der Waals surface area (Å²) >= 11 is 0. The van der Waals surface area contributed by atoms with E-state index in [1.165, 1.54) is 0 Å². The average Bonchev–Trinajstić information content (AvgIpc) is 2.61. The van der Waals surface area contributed by atoms with Gasteiger partial charge in [-0.25, -0.2) is 9.78 Å². The molecule has 4 saturated heterocycles. The van der Waals surface area contributed by atoms with Gasteiger partial charge in [0.15, 0.2) is 5.60 Å². The normalized spacial score (nSPS) is 59.1. The molecule has 2 bridgehead atoms. The summed E-state index contributed by atoms with van der Waals surface area (Å²) in [6.45, 7) is 7.94. The first kappa shape index (κ1) is 14.0. The molecule has 0 aromatic carbocycles. The minimum absolute atomic E-state index is 0.0904. The molecule has 1 spiro atoms. The summed E-state index contributed by atoms with van der Waals surface area (Å²) in [6.07, 6.45) is 3.81. The molecule has 0 N–H and O–H groups in total. The van der Waals surface area contributed by atoms with Crippen molar-refractivity contribution in [1.82, 2.24) is 0 Å². The molecule has 0 amide bonds. The van der Waals surface area contributed by atoms with Crippen LogP contribution in [0.15, 0.2) is 0 Å². The second-order valence-electron chi connectivity index (χ2n) is 7.66. The van der Waals surface area contributed by atoms with Crippen LogP contribution in [-0.4, -0.2) is 23.1 Å². The van der Waals surface area contributed by atoms with Crippen LogP contribution in [0.5, 0.6) is 0 Å². The van der Waals surface area contributed by atoms with Crippen LogP contribution in [-0.2, 0) is 24.0 Å². The molecule has 0 aromatic heterocycles. The number of carbonyl (C=O) groups is 1. The lowest BCUT2D eigenvalue weighted by Crippen LogP contribution is -2.75. The van der Waals surface area contributed by atoms with E-state index in [0.29, 0.717) is 11.8 Å². The highest BCUT2D eigenvalue weighted by Gasteiger charge is 2.75. The predicted octanol–water partition coefficient (Wildman–Crippen LogP) is 2.79. The molecule has 21 heavy (non-hydrogen) atoms. The maximum absolute atomic E-state index is 12.3. The molecule has 5 fully saturated rings. The van der Waals surface area contributed by atoms with E-state index in [1.807, 2.05) is 20.8 Å². The Morgan fingerprint density at radius 1 is 1.05 bits per heavy atom. The standard InChI is InChI=1S/C16H24O5/c1-9-5-6-12-10(2)13(17)18-15(4)16(12)11(9)7-8-14(3,19-15)20-21-16/h9-12H,5-8H2,1-4H3/t9-,10-,11+,12+,14+,15-,16-/m1/s1. The van der Waals surface area contributed by atoms with Crippen molar-refractivity contribution in [3.63, 3.8) is 0 Å². The quantitative estimate of drug-likeness (QED) is 0.508. The minimum Gasteiger partial charge on any atom is -0.430 e. The number of esters is 1. The lowest BCUT2D eigenvalue weighted by molar-refractivity contribution is -0.584. The summed E-state index contributed by atoms with van der Waals surface area (Å²) in [5.74, 6) is -1.35. The summed E-state index contributed by atoms with van der Waals surface area (Å²) in [5, 5.41) is 0. The van der Waals surface area contributed by atoms with Gasteiger partial charge in [0.1, 0.15) is 0 Å². The van der Waals surface area contributed by atoms with Gasteiger partial charge < -0.3 is 9.47 Å². The van der Waals surface area contributed by atoms with E-state index in [4.69, 9.17) is 19.2 Å². The Kier molecular flexibility index (Phi) is 2.66. The second kappa shape index (κ2) is 4.00. The van der Waals surface area contributed by atoms with Gasteiger partial charge in [-0.05, 0) is 32.1 Å². The first-order valence-electron chi connectivity index (χ1n) is 8.11. The Balaban J connectivity index is 1.90. The van der Waals surface area contributed by atoms with Gasteiger partial charge in [-0.1, -0.05) is 13.8 Å². The average molecular weight is 296 g/mol. The Labute approximate surface area is 125 Å². The van der Waals surface area contributed by atoms with Gasteiger partial charge in [0.25, 0.3) is 0 Å². The third kappa shape index (κ3) is 1.55. The van der Waals surface area contributed by atoms with Crippen molar-refractivity contribution in [2.45, 2.75) is 70.6 Å². The fourth-order valence-corrected chi connectivity index (χ4v) is 5.27. The zero-order chi connectivity index (χ0) is 15.0. The van der Waals surface area contributed by atoms with Crippen molar-refractivity contribution in [1.29, 1.82) is 0 Å². The maximum atomic E-state index is 12.3. The van der Waals surface area contributed by atoms with Crippen molar-refractivity contribution < 1.29 is 24.0 Å². The number of carbonyl (C=O) groups excluding carboxylic acids is 1. The van der Waals surface area contributed by atoms with Crippen LogP contribution in [0.4, 0.5) is 0 Å². The van der Waals surface area contributed by atoms with E-state index in [-0.39, 0.29) is 17.8 Å². The van der Waals surface area contributed by atoms with Crippen molar-refractivity contribution >= 4 is 5.97 Å². The highest BCUT2D eigenvalue weighted by molar-refractivity contribution is 5.74. The largest absolute Gasteiger partial charge is 0.430 e. The van der Waals surface area contributed by atoms with Gasteiger partial charge in [0.05, 0.1) is 5.92 Å². The molecule has 4 heterocycles. The molecule has 7 atom stereocenters. The zero-order valence-electron chi connectivity index (χ0n) is 13.2. The van der Waals surface area contributed by atoms with E-state index >= 15 is 0 Å². The third-order valence-electron chi connectivity index (χ3n) is 6.38. The topological polar surface area (TPSA) is 54.0 Å². The number of ether oxygens (including phenoxy) is 2. The predicted molar refractivity (Wildman–Crippen MR) is 72.7 cm³/mol. The minimum atomic E-state index is -1.05. The Morgan fingerprint density at radius 3 is 2.57 bits per heavy atom. The van der Waals surface area contributed by atoms with Crippen LogP contribution >= 0.6 is 0 Å². The molecule has 0 radical (unpaired) electrons. The zero-order valence-corrected chi connectivity index (χ0v) is 13.2. The number of rotatable bonds is 0. The van der Waals surface area contributed by atoms with Crippen LogP contribution in [0.2, 0.25) is 0 Å². The smallest absolute Gasteiger partial charge is 0.311 e. The molecular weight excluding hydrogens is 272 g/mol. The van der Waals surface area contributed by atoms with E-state index in [9.17, 15) is 4.79 Å².